The molecule has 1 aromatic rings. The lowest BCUT2D eigenvalue weighted by atomic mass is 10.0. The Morgan fingerprint density at radius 3 is 2.69 bits per heavy atom. The molecule has 0 unspecified atom stereocenters. The van der Waals surface area contributed by atoms with Crippen molar-refractivity contribution in [1.82, 2.24) is 0 Å². The van der Waals surface area contributed by atoms with E-state index in [1.54, 1.807) is 0 Å². The predicted octanol–water partition coefficient (Wildman–Crippen LogP) is 2.06. The third kappa shape index (κ3) is 1.96. The van der Waals surface area contributed by atoms with Crippen LogP contribution in [0, 0.1) is 0 Å². The summed E-state index contributed by atoms with van der Waals surface area (Å²) in [6.45, 7) is 3.44. The van der Waals surface area contributed by atoms with Crippen LogP contribution in [0.15, 0.2) is 6.07 Å². The van der Waals surface area contributed by atoms with Crippen LogP contribution in [-0.2, 0) is 17.9 Å². The van der Waals surface area contributed by atoms with Gasteiger partial charge in [-0.3, -0.25) is 4.84 Å². The Morgan fingerprint density at radius 2 is 2.06 bits per heavy atom. The number of halogens is 1. The molecule has 4 nitrogen and oxygen atoms in total. The summed E-state index contributed by atoms with van der Waals surface area (Å²) >= 11 is 6.11. The summed E-state index contributed by atoms with van der Waals surface area (Å²) < 4.78 is 11.1. The van der Waals surface area contributed by atoms with Crippen molar-refractivity contribution in [2.75, 3.05) is 13.2 Å². The molecule has 0 bridgehead atoms. The molecular weight excluding hydrogens is 230 g/mol. The summed E-state index contributed by atoms with van der Waals surface area (Å²) in [5.74, 6) is 6.46. The number of hydrogen-bond acceptors (Lipinski definition) is 4. The zero-order chi connectivity index (χ0) is 11.5. The van der Waals surface area contributed by atoms with Gasteiger partial charge in [-0.2, -0.15) is 0 Å². The van der Waals surface area contributed by atoms with Gasteiger partial charge in [0, 0.05) is 5.56 Å². The fourth-order valence-corrected chi connectivity index (χ4v) is 2.15. The van der Waals surface area contributed by atoms with Crippen molar-refractivity contribution in [3.63, 3.8) is 0 Å². The van der Waals surface area contributed by atoms with Crippen molar-refractivity contribution >= 4 is 11.6 Å². The second-order valence-electron chi connectivity index (χ2n) is 3.52. The van der Waals surface area contributed by atoms with Gasteiger partial charge in [-0.15, -0.1) is 0 Å². The molecule has 88 valence electrons. The summed E-state index contributed by atoms with van der Waals surface area (Å²) in [4.78, 5) is 4.66. The second-order valence-corrected chi connectivity index (χ2v) is 3.92. The maximum Gasteiger partial charge on any atom is 0.180 e. The summed E-state index contributed by atoms with van der Waals surface area (Å²) in [5, 5.41) is 0.541. The number of nitrogens with two attached hydrogens (primary N) is 1. The van der Waals surface area contributed by atoms with Gasteiger partial charge in [0.1, 0.15) is 13.2 Å². The van der Waals surface area contributed by atoms with Crippen LogP contribution in [0.2, 0.25) is 5.02 Å². The lowest BCUT2D eigenvalue weighted by molar-refractivity contribution is 0.122. The van der Waals surface area contributed by atoms with E-state index in [0.29, 0.717) is 30.6 Å². The molecule has 2 N–H and O–H groups in total. The number of benzene rings is 1. The number of ether oxygens (including phenoxy) is 2. The van der Waals surface area contributed by atoms with Crippen LogP contribution in [0.3, 0.4) is 0 Å². The van der Waals surface area contributed by atoms with E-state index in [1.807, 2.05) is 13.0 Å². The Kier molecular flexibility index (Phi) is 3.53. The first-order valence-corrected chi connectivity index (χ1v) is 5.57. The number of rotatable bonds is 3. The van der Waals surface area contributed by atoms with E-state index in [1.165, 1.54) is 0 Å². The summed E-state index contributed by atoms with van der Waals surface area (Å²) in [7, 11) is 0. The van der Waals surface area contributed by atoms with Crippen LogP contribution in [0.1, 0.15) is 18.1 Å². The van der Waals surface area contributed by atoms with Crippen LogP contribution < -0.4 is 15.4 Å². The Labute approximate surface area is 99.2 Å². The molecule has 16 heavy (non-hydrogen) atoms. The first kappa shape index (κ1) is 11.5. The van der Waals surface area contributed by atoms with E-state index in [0.717, 1.165) is 23.3 Å². The van der Waals surface area contributed by atoms with Gasteiger partial charge < -0.3 is 9.47 Å². The van der Waals surface area contributed by atoms with Crippen molar-refractivity contribution < 1.29 is 14.3 Å². The molecule has 0 fully saturated rings. The first-order chi connectivity index (χ1) is 7.77. The maximum absolute atomic E-state index is 6.11. The van der Waals surface area contributed by atoms with Gasteiger partial charge in [-0.05, 0) is 18.1 Å². The lowest BCUT2D eigenvalue weighted by Crippen LogP contribution is -2.18. The fraction of sp³-hybridized carbons (Fsp3) is 0.455. The molecule has 1 aromatic carbocycles. The minimum Gasteiger partial charge on any atom is -0.486 e. The molecule has 0 amide bonds. The van der Waals surface area contributed by atoms with Gasteiger partial charge in [-0.25, -0.2) is 5.90 Å². The highest BCUT2D eigenvalue weighted by molar-refractivity contribution is 6.32. The maximum atomic E-state index is 6.11. The van der Waals surface area contributed by atoms with E-state index >= 15 is 0 Å². The number of hydrogen-bond donors (Lipinski definition) is 1. The average molecular weight is 244 g/mol. The Bertz CT molecular complexity index is 395. The Hall–Kier alpha value is -0.970. The van der Waals surface area contributed by atoms with Gasteiger partial charge in [0.05, 0.1) is 11.6 Å². The van der Waals surface area contributed by atoms with Crippen molar-refractivity contribution in [2.24, 2.45) is 5.90 Å². The molecule has 0 spiro atoms. The van der Waals surface area contributed by atoms with Crippen LogP contribution in [0.4, 0.5) is 0 Å². The zero-order valence-electron chi connectivity index (χ0n) is 9.09. The zero-order valence-corrected chi connectivity index (χ0v) is 9.84. The fourth-order valence-electron chi connectivity index (χ4n) is 1.88. The van der Waals surface area contributed by atoms with Gasteiger partial charge in [0.15, 0.2) is 11.5 Å². The Morgan fingerprint density at radius 1 is 1.38 bits per heavy atom. The first-order valence-electron chi connectivity index (χ1n) is 5.19. The molecule has 0 aliphatic carbocycles. The monoisotopic (exact) mass is 243 g/mol. The SMILES string of the molecule is CCc1c(CON)cc(Cl)c2c1OCCO2. The normalized spacial score (nSPS) is 13.9. The van der Waals surface area contributed by atoms with Gasteiger partial charge in [-0.1, -0.05) is 18.5 Å². The topological polar surface area (TPSA) is 53.7 Å². The second kappa shape index (κ2) is 4.91. The highest BCUT2D eigenvalue weighted by atomic mass is 35.5. The van der Waals surface area contributed by atoms with Gasteiger partial charge >= 0.3 is 0 Å². The van der Waals surface area contributed by atoms with E-state index in [4.69, 9.17) is 27.0 Å². The van der Waals surface area contributed by atoms with E-state index in [2.05, 4.69) is 4.84 Å². The highest BCUT2D eigenvalue weighted by Crippen LogP contribution is 2.42. The van der Waals surface area contributed by atoms with E-state index in [-0.39, 0.29) is 0 Å². The lowest BCUT2D eigenvalue weighted by Gasteiger charge is -2.23. The van der Waals surface area contributed by atoms with Crippen molar-refractivity contribution in [2.45, 2.75) is 20.0 Å². The molecule has 1 aliphatic heterocycles. The van der Waals surface area contributed by atoms with Crippen LogP contribution in [0.25, 0.3) is 0 Å². The van der Waals surface area contributed by atoms with Crippen LogP contribution in [0.5, 0.6) is 11.5 Å². The molecule has 0 aromatic heterocycles. The Balaban J connectivity index is 2.52. The summed E-state index contributed by atoms with van der Waals surface area (Å²) in [6.07, 6.45) is 0.821. The molecule has 1 heterocycles. The standard InChI is InChI=1S/C11H14ClNO3/c1-2-8-7(6-16-13)5-9(12)11-10(8)14-3-4-15-11/h5H,2-4,6,13H2,1H3. The van der Waals surface area contributed by atoms with Crippen molar-refractivity contribution in [1.29, 1.82) is 0 Å². The molecule has 0 radical (unpaired) electrons. The van der Waals surface area contributed by atoms with Crippen molar-refractivity contribution in [3.05, 3.63) is 22.2 Å². The molecule has 0 saturated heterocycles. The third-order valence-electron chi connectivity index (χ3n) is 2.55. The molecular formula is C11H14ClNO3. The predicted molar refractivity (Wildman–Crippen MR) is 60.8 cm³/mol. The van der Waals surface area contributed by atoms with Gasteiger partial charge in [0.25, 0.3) is 0 Å². The van der Waals surface area contributed by atoms with E-state index in [9.17, 15) is 0 Å². The average Bonchev–Trinajstić information content (AvgIpc) is 2.30. The summed E-state index contributed by atoms with van der Waals surface area (Å²) in [5.41, 5.74) is 1.99. The quantitative estimate of drug-likeness (QED) is 0.826. The molecule has 0 atom stereocenters. The molecule has 1 aliphatic rings. The molecule has 2 rings (SSSR count). The molecule has 0 saturated carbocycles. The minimum absolute atomic E-state index is 0.319. The van der Waals surface area contributed by atoms with Crippen molar-refractivity contribution in [3.8, 4) is 11.5 Å². The van der Waals surface area contributed by atoms with Crippen LogP contribution >= 0.6 is 11.6 Å². The highest BCUT2D eigenvalue weighted by Gasteiger charge is 2.21. The smallest absolute Gasteiger partial charge is 0.180 e. The summed E-state index contributed by atoms with van der Waals surface area (Å²) in [6, 6.07) is 1.82. The molecule has 5 heteroatoms. The number of fused-ring (bicyclic) bond motifs is 1. The third-order valence-corrected chi connectivity index (χ3v) is 2.84. The minimum atomic E-state index is 0.319. The van der Waals surface area contributed by atoms with Crippen LogP contribution in [-0.4, -0.2) is 13.2 Å². The largest absolute Gasteiger partial charge is 0.486 e. The van der Waals surface area contributed by atoms with Gasteiger partial charge in [0.2, 0.25) is 0 Å². The van der Waals surface area contributed by atoms with E-state index < -0.39 is 0 Å².